The van der Waals surface area contributed by atoms with E-state index in [0.29, 0.717) is 29.5 Å². The van der Waals surface area contributed by atoms with Gasteiger partial charge in [-0.3, -0.25) is 0 Å². The normalized spacial score (nSPS) is 10.5. The minimum absolute atomic E-state index is 0.143. The van der Waals surface area contributed by atoms with Gasteiger partial charge in [-0.05, 0) is 37.1 Å². The van der Waals surface area contributed by atoms with Crippen LogP contribution >= 0.6 is 0 Å². The number of carboxylic acids is 1. The second-order valence-electron chi connectivity index (χ2n) is 6.02. The van der Waals surface area contributed by atoms with Gasteiger partial charge in [0.25, 0.3) is 0 Å². The molecule has 0 saturated carbocycles. The zero-order valence-corrected chi connectivity index (χ0v) is 15.7. The molecule has 0 aliphatic carbocycles. The molecule has 0 fully saturated rings. The molecule has 2 heterocycles. The van der Waals surface area contributed by atoms with Gasteiger partial charge in [-0.15, -0.1) is 6.58 Å². The summed E-state index contributed by atoms with van der Waals surface area (Å²) in [6, 6.07) is 6.44. The monoisotopic (exact) mass is 379 g/mol. The third-order valence-corrected chi connectivity index (χ3v) is 4.26. The molecule has 0 spiro atoms. The van der Waals surface area contributed by atoms with E-state index < -0.39 is 5.97 Å². The second-order valence-corrected chi connectivity index (χ2v) is 6.02. The quantitative estimate of drug-likeness (QED) is 0.557. The van der Waals surface area contributed by atoms with Crippen molar-refractivity contribution >= 4 is 17.5 Å². The van der Waals surface area contributed by atoms with Crippen molar-refractivity contribution in [2.45, 2.75) is 19.8 Å². The van der Waals surface area contributed by atoms with E-state index in [4.69, 9.17) is 9.15 Å². The maximum atomic E-state index is 11.2. The van der Waals surface area contributed by atoms with E-state index in [1.54, 1.807) is 30.7 Å². The third-order valence-electron chi connectivity index (χ3n) is 4.26. The lowest BCUT2D eigenvalue weighted by Gasteiger charge is -2.17. The first-order chi connectivity index (χ1) is 13.6. The Kier molecular flexibility index (Phi) is 5.74. The fourth-order valence-corrected chi connectivity index (χ4v) is 2.86. The van der Waals surface area contributed by atoms with Crippen molar-refractivity contribution < 1.29 is 19.1 Å². The number of ether oxygens (including phenoxy) is 1. The van der Waals surface area contributed by atoms with Crippen LogP contribution in [0.5, 0.6) is 5.75 Å². The van der Waals surface area contributed by atoms with Gasteiger partial charge in [-0.1, -0.05) is 13.0 Å². The van der Waals surface area contributed by atoms with Crippen LogP contribution in [-0.2, 0) is 12.8 Å². The summed E-state index contributed by atoms with van der Waals surface area (Å²) < 4.78 is 10.5. The Morgan fingerprint density at radius 2 is 2.18 bits per heavy atom. The first kappa shape index (κ1) is 19.2. The molecule has 0 atom stereocenters. The van der Waals surface area contributed by atoms with Gasteiger partial charge < -0.3 is 19.6 Å². The van der Waals surface area contributed by atoms with Gasteiger partial charge in [0.1, 0.15) is 17.8 Å². The zero-order valence-electron chi connectivity index (χ0n) is 15.7. The molecule has 7 heteroatoms. The number of carbonyl (C=O) groups is 1. The first-order valence-corrected chi connectivity index (χ1v) is 8.79. The highest BCUT2D eigenvalue weighted by atomic mass is 16.5. The van der Waals surface area contributed by atoms with E-state index in [1.165, 1.54) is 19.2 Å². The number of aromatic nitrogens is 2. The van der Waals surface area contributed by atoms with Crippen molar-refractivity contribution in [3.05, 3.63) is 66.3 Å². The number of anilines is 2. The van der Waals surface area contributed by atoms with E-state index in [9.17, 15) is 9.90 Å². The molecule has 7 nitrogen and oxygen atoms in total. The molecule has 2 aromatic heterocycles. The molecule has 0 unspecified atom stereocenters. The molecular weight excluding hydrogens is 358 g/mol. The molecule has 3 rings (SSSR count). The van der Waals surface area contributed by atoms with E-state index in [-0.39, 0.29) is 5.56 Å². The van der Waals surface area contributed by atoms with Crippen molar-refractivity contribution in [2.24, 2.45) is 0 Å². The topological polar surface area (TPSA) is 97.5 Å². The minimum atomic E-state index is -1.02. The van der Waals surface area contributed by atoms with E-state index >= 15 is 0 Å². The molecule has 2 N–H and O–H groups in total. The van der Waals surface area contributed by atoms with E-state index in [2.05, 4.69) is 21.9 Å². The summed E-state index contributed by atoms with van der Waals surface area (Å²) in [7, 11) is 1.49. The number of hydrogen-bond donors (Lipinski definition) is 2. The van der Waals surface area contributed by atoms with Crippen LogP contribution in [-0.4, -0.2) is 28.2 Å². The Balaban J connectivity index is 2.10. The molecule has 0 saturated heterocycles. The average Bonchev–Trinajstić information content (AvgIpc) is 3.24. The predicted molar refractivity (Wildman–Crippen MR) is 106 cm³/mol. The van der Waals surface area contributed by atoms with Gasteiger partial charge in [0.2, 0.25) is 0 Å². The van der Waals surface area contributed by atoms with Gasteiger partial charge in [0.15, 0.2) is 5.82 Å². The highest BCUT2D eigenvalue weighted by Gasteiger charge is 2.17. The summed E-state index contributed by atoms with van der Waals surface area (Å²) in [6.45, 7) is 5.86. The minimum Gasteiger partial charge on any atom is -0.495 e. The molecule has 0 radical (unpaired) electrons. The maximum Gasteiger partial charge on any atom is 0.335 e. The van der Waals surface area contributed by atoms with Crippen LogP contribution < -0.4 is 10.1 Å². The van der Waals surface area contributed by atoms with Crippen LogP contribution in [0.2, 0.25) is 0 Å². The van der Waals surface area contributed by atoms with Crippen LogP contribution in [0.25, 0.3) is 11.4 Å². The number of aryl methyl sites for hydroxylation is 1. The van der Waals surface area contributed by atoms with Gasteiger partial charge in [0, 0.05) is 11.3 Å². The SMILES string of the molecule is C=CCc1c(CC)nc(-c2ccoc2)nc1Nc1ccc(C(=O)O)cc1OC. The number of rotatable bonds is 8. The maximum absolute atomic E-state index is 11.2. The third kappa shape index (κ3) is 3.88. The van der Waals surface area contributed by atoms with Gasteiger partial charge >= 0.3 is 5.97 Å². The van der Waals surface area contributed by atoms with Crippen LogP contribution in [0.4, 0.5) is 11.5 Å². The lowest BCUT2D eigenvalue weighted by Crippen LogP contribution is -2.08. The van der Waals surface area contributed by atoms with E-state index in [0.717, 1.165) is 23.2 Å². The van der Waals surface area contributed by atoms with Gasteiger partial charge in [-0.25, -0.2) is 14.8 Å². The molecule has 0 bridgehead atoms. The Labute approximate surface area is 162 Å². The largest absolute Gasteiger partial charge is 0.495 e. The lowest BCUT2D eigenvalue weighted by molar-refractivity contribution is 0.0696. The highest BCUT2D eigenvalue weighted by molar-refractivity contribution is 5.89. The van der Waals surface area contributed by atoms with Crippen molar-refractivity contribution in [1.29, 1.82) is 0 Å². The summed E-state index contributed by atoms with van der Waals surface area (Å²) in [4.78, 5) is 20.6. The number of allylic oxidation sites excluding steroid dienone is 1. The molecule has 0 aliphatic rings. The van der Waals surface area contributed by atoms with Gasteiger partial charge in [-0.2, -0.15) is 0 Å². The highest BCUT2D eigenvalue weighted by Crippen LogP contribution is 2.32. The molecule has 144 valence electrons. The Bertz CT molecular complexity index is 997. The summed E-state index contributed by atoms with van der Waals surface area (Å²) in [6.07, 6.45) is 6.27. The smallest absolute Gasteiger partial charge is 0.335 e. The number of furan rings is 1. The van der Waals surface area contributed by atoms with Crippen LogP contribution in [0.15, 0.2) is 53.9 Å². The Morgan fingerprint density at radius 3 is 2.79 bits per heavy atom. The number of carboxylic acid groups (broad SMARTS) is 1. The summed E-state index contributed by atoms with van der Waals surface area (Å²) in [5.41, 5.74) is 3.35. The zero-order chi connectivity index (χ0) is 20.1. The number of nitrogens with one attached hydrogen (secondary N) is 1. The average molecular weight is 379 g/mol. The first-order valence-electron chi connectivity index (χ1n) is 8.79. The van der Waals surface area contributed by atoms with Crippen LogP contribution in [0.1, 0.15) is 28.5 Å². The van der Waals surface area contributed by atoms with Crippen LogP contribution in [0.3, 0.4) is 0 Å². The fraction of sp³-hybridized carbons (Fsp3) is 0.190. The molecule has 28 heavy (non-hydrogen) atoms. The molecule has 1 aromatic carbocycles. The van der Waals surface area contributed by atoms with Crippen molar-refractivity contribution in [2.75, 3.05) is 12.4 Å². The molecule has 3 aromatic rings. The van der Waals surface area contributed by atoms with Crippen molar-refractivity contribution in [1.82, 2.24) is 9.97 Å². The number of methoxy groups -OCH3 is 1. The lowest BCUT2D eigenvalue weighted by atomic mass is 10.1. The number of benzene rings is 1. The van der Waals surface area contributed by atoms with Crippen LogP contribution in [0, 0.1) is 0 Å². The number of aromatic carboxylic acids is 1. The van der Waals surface area contributed by atoms with Gasteiger partial charge in [0.05, 0.1) is 30.2 Å². The summed E-state index contributed by atoms with van der Waals surface area (Å²) in [5.74, 6) is 0.548. The molecule has 0 amide bonds. The standard InChI is InChI=1S/C21H21N3O4/c1-4-6-15-16(5-2)22-19(14-9-10-28-12-14)24-20(15)23-17-8-7-13(21(25)26)11-18(17)27-3/h4,7-12H,1,5-6H2,2-3H3,(H,25,26)(H,22,23,24). The predicted octanol–water partition coefficient (Wildman–Crippen LogP) is 4.48. The Morgan fingerprint density at radius 1 is 1.36 bits per heavy atom. The van der Waals surface area contributed by atoms with Crippen molar-refractivity contribution in [3.63, 3.8) is 0 Å². The summed E-state index contributed by atoms with van der Waals surface area (Å²) in [5, 5.41) is 12.5. The van der Waals surface area contributed by atoms with Crippen molar-refractivity contribution in [3.8, 4) is 17.1 Å². The number of nitrogens with zero attached hydrogens (tertiary/aromatic N) is 2. The fourth-order valence-electron chi connectivity index (χ4n) is 2.86. The Hall–Kier alpha value is -3.61. The second kappa shape index (κ2) is 8.39. The molecular formula is C21H21N3O4. The summed E-state index contributed by atoms with van der Waals surface area (Å²) >= 11 is 0. The number of hydrogen-bond acceptors (Lipinski definition) is 6. The van der Waals surface area contributed by atoms with E-state index in [1.807, 2.05) is 6.92 Å². The molecule has 0 aliphatic heterocycles.